The van der Waals surface area contributed by atoms with E-state index in [1.807, 2.05) is 6.07 Å². The molecule has 0 aliphatic carbocycles. The van der Waals surface area contributed by atoms with Gasteiger partial charge in [0.1, 0.15) is 5.75 Å². The van der Waals surface area contributed by atoms with E-state index in [-0.39, 0.29) is 0 Å². The highest BCUT2D eigenvalue weighted by Gasteiger charge is 2.19. The predicted molar refractivity (Wildman–Crippen MR) is 78.1 cm³/mol. The molecule has 1 aromatic rings. The lowest BCUT2D eigenvalue weighted by atomic mass is 9.82. The summed E-state index contributed by atoms with van der Waals surface area (Å²) in [6.45, 7) is 13.2. The molecule has 0 bridgehead atoms. The van der Waals surface area contributed by atoms with Crippen LogP contribution >= 0.6 is 0 Å². The molecule has 0 radical (unpaired) electrons. The molecule has 0 spiro atoms. The number of hydrogen-bond acceptors (Lipinski definition) is 2. The fraction of sp³-hybridized carbons (Fsp3) is 0.625. The summed E-state index contributed by atoms with van der Waals surface area (Å²) in [5.74, 6) is 1.62. The third kappa shape index (κ3) is 4.34. The summed E-state index contributed by atoms with van der Waals surface area (Å²) in [6.07, 6.45) is 0. The van der Waals surface area contributed by atoms with Crippen LogP contribution in [-0.2, 0) is 6.54 Å². The normalized spacial score (nSPS) is 13.4. The third-order valence-corrected chi connectivity index (χ3v) is 3.68. The van der Waals surface area contributed by atoms with Gasteiger partial charge in [-0.15, -0.1) is 0 Å². The first-order chi connectivity index (χ1) is 8.34. The van der Waals surface area contributed by atoms with Gasteiger partial charge in [-0.1, -0.05) is 45.4 Å². The molecule has 1 atom stereocenters. The van der Waals surface area contributed by atoms with E-state index in [2.05, 4.69) is 52.1 Å². The molecular formula is C16H27NO. The monoisotopic (exact) mass is 249 g/mol. The van der Waals surface area contributed by atoms with E-state index in [1.165, 1.54) is 11.1 Å². The zero-order valence-corrected chi connectivity index (χ0v) is 12.6. The average molecular weight is 249 g/mol. The van der Waals surface area contributed by atoms with Crippen molar-refractivity contribution in [3.8, 4) is 5.75 Å². The molecule has 1 N–H and O–H groups in total. The van der Waals surface area contributed by atoms with Crippen molar-refractivity contribution in [3.63, 3.8) is 0 Å². The first-order valence-electron chi connectivity index (χ1n) is 6.69. The molecule has 0 saturated heterocycles. The molecule has 0 aromatic heterocycles. The van der Waals surface area contributed by atoms with E-state index in [0.717, 1.165) is 18.8 Å². The van der Waals surface area contributed by atoms with Crippen LogP contribution < -0.4 is 10.1 Å². The summed E-state index contributed by atoms with van der Waals surface area (Å²) in [5, 5.41) is 3.53. The van der Waals surface area contributed by atoms with Crippen molar-refractivity contribution in [1.29, 1.82) is 0 Å². The fourth-order valence-corrected chi connectivity index (χ4v) is 1.78. The Labute approximate surface area is 112 Å². The third-order valence-electron chi connectivity index (χ3n) is 3.68. The van der Waals surface area contributed by atoms with Gasteiger partial charge < -0.3 is 10.1 Å². The molecule has 0 fully saturated rings. The van der Waals surface area contributed by atoms with Crippen LogP contribution in [-0.4, -0.2) is 13.7 Å². The molecule has 1 unspecified atom stereocenters. The van der Waals surface area contributed by atoms with Crippen LogP contribution in [0, 0.1) is 18.3 Å². The van der Waals surface area contributed by atoms with Gasteiger partial charge in [-0.3, -0.25) is 0 Å². The minimum Gasteiger partial charge on any atom is -0.496 e. The number of nitrogens with one attached hydrogen (secondary N) is 1. The smallest absolute Gasteiger partial charge is 0.123 e. The van der Waals surface area contributed by atoms with Gasteiger partial charge in [0, 0.05) is 12.1 Å². The highest BCUT2D eigenvalue weighted by molar-refractivity contribution is 5.36. The van der Waals surface area contributed by atoms with Crippen molar-refractivity contribution >= 4 is 0 Å². The van der Waals surface area contributed by atoms with Gasteiger partial charge in [0.15, 0.2) is 0 Å². The molecular weight excluding hydrogens is 222 g/mol. The van der Waals surface area contributed by atoms with E-state index in [0.29, 0.717) is 11.3 Å². The summed E-state index contributed by atoms with van der Waals surface area (Å²) in [4.78, 5) is 0. The van der Waals surface area contributed by atoms with Gasteiger partial charge >= 0.3 is 0 Å². The number of rotatable bonds is 5. The van der Waals surface area contributed by atoms with Crippen molar-refractivity contribution in [2.75, 3.05) is 13.7 Å². The van der Waals surface area contributed by atoms with Gasteiger partial charge in [-0.05, 0) is 30.9 Å². The number of benzene rings is 1. The van der Waals surface area contributed by atoms with E-state index < -0.39 is 0 Å². The van der Waals surface area contributed by atoms with E-state index in [9.17, 15) is 0 Å². The van der Waals surface area contributed by atoms with Gasteiger partial charge in [-0.2, -0.15) is 0 Å². The SMILES string of the molecule is COc1ccc(C)cc1CNCC(C)C(C)(C)C. The van der Waals surface area contributed by atoms with E-state index in [1.54, 1.807) is 7.11 Å². The lowest BCUT2D eigenvalue weighted by Crippen LogP contribution is -2.29. The average Bonchev–Trinajstić information content (AvgIpc) is 2.28. The topological polar surface area (TPSA) is 21.3 Å². The molecule has 18 heavy (non-hydrogen) atoms. The van der Waals surface area contributed by atoms with Crippen molar-refractivity contribution in [1.82, 2.24) is 5.32 Å². The van der Waals surface area contributed by atoms with Crippen molar-refractivity contribution in [3.05, 3.63) is 29.3 Å². The minimum absolute atomic E-state index is 0.351. The van der Waals surface area contributed by atoms with Crippen LogP contribution in [0.1, 0.15) is 38.8 Å². The van der Waals surface area contributed by atoms with Gasteiger partial charge in [0.2, 0.25) is 0 Å². The molecule has 2 heteroatoms. The predicted octanol–water partition coefficient (Wildman–Crippen LogP) is 3.78. The Kier molecular flexibility index (Phi) is 5.21. The Hall–Kier alpha value is -1.02. The maximum absolute atomic E-state index is 5.39. The zero-order valence-electron chi connectivity index (χ0n) is 12.6. The van der Waals surface area contributed by atoms with Gasteiger partial charge in [0.25, 0.3) is 0 Å². The Morgan fingerprint density at radius 1 is 1.28 bits per heavy atom. The Morgan fingerprint density at radius 2 is 1.94 bits per heavy atom. The van der Waals surface area contributed by atoms with Crippen LogP contribution in [0.3, 0.4) is 0 Å². The number of hydrogen-bond donors (Lipinski definition) is 1. The summed E-state index contributed by atoms with van der Waals surface area (Å²) in [6, 6.07) is 6.31. The lowest BCUT2D eigenvalue weighted by Gasteiger charge is -2.27. The van der Waals surface area contributed by atoms with E-state index in [4.69, 9.17) is 4.74 Å². The largest absolute Gasteiger partial charge is 0.496 e. The lowest BCUT2D eigenvalue weighted by molar-refractivity contribution is 0.252. The first-order valence-corrected chi connectivity index (χ1v) is 6.69. The summed E-state index contributed by atoms with van der Waals surface area (Å²) < 4.78 is 5.39. The maximum atomic E-state index is 5.39. The first kappa shape index (κ1) is 15.0. The maximum Gasteiger partial charge on any atom is 0.123 e. The van der Waals surface area contributed by atoms with Crippen LogP contribution in [0.4, 0.5) is 0 Å². The van der Waals surface area contributed by atoms with Crippen LogP contribution in [0.25, 0.3) is 0 Å². The molecule has 0 amide bonds. The summed E-state index contributed by atoms with van der Waals surface area (Å²) in [5.41, 5.74) is 2.86. The highest BCUT2D eigenvalue weighted by atomic mass is 16.5. The fourth-order valence-electron chi connectivity index (χ4n) is 1.78. The number of aryl methyl sites for hydroxylation is 1. The van der Waals surface area contributed by atoms with Crippen LogP contribution in [0.15, 0.2) is 18.2 Å². The summed E-state index contributed by atoms with van der Waals surface area (Å²) in [7, 11) is 1.73. The molecule has 0 aliphatic heterocycles. The molecule has 0 heterocycles. The summed E-state index contributed by atoms with van der Waals surface area (Å²) >= 11 is 0. The quantitative estimate of drug-likeness (QED) is 0.857. The Bertz CT molecular complexity index is 379. The van der Waals surface area contributed by atoms with E-state index >= 15 is 0 Å². The second kappa shape index (κ2) is 6.24. The molecule has 0 saturated carbocycles. The van der Waals surface area contributed by atoms with Gasteiger partial charge in [0.05, 0.1) is 7.11 Å². The molecule has 2 nitrogen and oxygen atoms in total. The Balaban J connectivity index is 2.56. The molecule has 0 aliphatic rings. The van der Waals surface area contributed by atoms with Crippen LogP contribution in [0.2, 0.25) is 0 Å². The second-order valence-corrected chi connectivity index (χ2v) is 6.21. The Morgan fingerprint density at radius 3 is 2.50 bits per heavy atom. The molecule has 102 valence electrons. The van der Waals surface area contributed by atoms with Gasteiger partial charge in [-0.25, -0.2) is 0 Å². The number of methoxy groups -OCH3 is 1. The zero-order chi connectivity index (χ0) is 13.8. The standard InChI is InChI=1S/C16H27NO/c1-12-7-8-15(18-6)14(9-12)11-17-10-13(2)16(3,4)5/h7-9,13,17H,10-11H2,1-6H3. The molecule has 1 aromatic carbocycles. The van der Waals surface area contributed by atoms with Crippen LogP contribution in [0.5, 0.6) is 5.75 Å². The number of ether oxygens (including phenoxy) is 1. The highest BCUT2D eigenvalue weighted by Crippen LogP contribution is 2.25. The van der Waals surface area contributed by atoms with Crippen molar-refractivity contribution < 1.29 is 4.74 Å². The minimum atomic E-state index is 0.351. The molecule has 1 rings (SSSR count). The second-order valence-electron chi connectivity index (χ2n) is 6.21. The van der Waals surface area contributed by atoms with Crippen molar-refractivity contribution in [2.45, 2.75) is 41.2 Å². The van der Waals surface area contributed by atoms with Crippen molar-refractivity contribution in [2.24, 2.45) is 11.3 Å².